The number of carboxylic acids is 1. The lowest BCUT2D eigenvalue weighted by Crippen LogP contribution is -2.07. The second-order valence-corrected chi connectivity index (χ2v) is 7.78. The van der Waals surface area contributed by atoms with Gasteiger partial charge in [0.25, 0.3) is 0 Å². The summed E-state index contributed by atoms with van der Waals surface area (Å²) < 4.78 is 11.1. The molecule has 0 aliphatic carbocycles. The Labute approximate surface area is 199 Å². The summed E-state index contributed by atoms with van der Waals surface area (Å²) in [5.41, 5.74) is 4.91. The lowest BCUT2D eigenvalue weighted by Gasteiger charge is -2.04. The van der Waals surface area contributed by atoms with E-state index in [4.69, 9.17) is 13.9 Å². The van der Waals surface area contributed by atoms with Gasteiger partial charge in [0.15, 0.2) is 17.7 Å². The Morgan fingerprint density at radius 1 is 1.00 bits per heavy atom. The molecule has 8 heteroatoms. The molecule has 5 aromatic rings. The highest BCUT2D eigenvalue weighted by atomic mass is 16.4. The number of fused-ring (bicyclic) bond motifs is 1. The molecule has 0 saturated heterocycles. The van der Waals surface area contributed by atoms with E-state index in [2.05, 4.69) is 15.3 Å². The Kier molecular flexibility index (Phi) is 5.92. The summed E-state index contributed by atoms with van der Waals surface area (Å²) in [5, 5.41) is 11.8. The van der Waals surface area contributed by atoms with Crippen LogP contribution in [0.25, 0.3) is 40.0 Å². The maximum absolute atomic E-state index is 12.4. The predicted molar refractivity (Wildman–Crippen MR) is 130 cm³/mol. The van der Waals surface area contributed by atoms with E-state index in [1.807, 2.05) is 42.5 Å². The molecule has 0 atom stereocenters. The van der Waals surface area contributed by atoms with Gasteiger partial charge in [0.2, 0.25) is 11.8 Å². The van der Waals surface area contributed by atoms with Gasteiger partial charge < -0.3 is 19.3 Å². The number of oxazole rings is 2. The number of amides is 1. The standard InChI is InChI=1S/C27H19N3O5/c31-25(29-21-3-1-2-20(14-21)24-15-28-16-34-24)11-7-17-4-8-19(9-5-17)27-30-22-12-18(13-26(32)33)6-10-23(22)35-27/h1-12,14-16H,13H2,(H,29,31)(H,32,33)/b11-7+. The van der Waals surface area contributed by atoms with E-state index in [1.165, 1.54) is 12.5 Å². The minimum atomic E-state index is -0.898. The molecular formula is C27H19N3O5. The van der Waals surface area contributed by atoms with Crippen LogP contribution in [0.2, 0.25) is 0 Å². The average Bonchev–Trinajstić information content (AvgIpc) is 3.53. The van der Waals surface area contributed by atoms with Crippen molar-refractivity contribution in [2.24, 2.45) is 0 Å². The number of aliphatic carboxylic acids is 1. The summed E-state index contributed by atoms with van der Waals surface area (Å²) >= 11 is 0. The van der Waals surface area contributed by atoms with E-state index in [-0.39, 0.29) is 12.3 Å². The first kappa shape index (κ1) is 21.8. The van der Waals surface area contributed by atoms with Crippen molar-refractivity contribution in [2.75, 3.05) is 5.32 Å². The van der Waals surface area contributed by atoms with Crippen LogP contribution in [0, 0.1) is 0 Å². The average molecular weight is 465 g/mol. The third kappa shape index (κ3) is 5.17. The van der Waals surface area contributed by atoms with Crippen LogP contribution in [-0.2, 0) is 16.0 Å². The summed E-state index contributed by atoms with van der Waals surface area (Å²) in [7, 11) is 0. The topological polar surface area (TPSA) is 118 Å². The lowest BCUT2D eigenvalue weighted by molar-refractivity contribution is -0.136. The van der Waals surface area contributed by atoms with Crippen molar-refractivity contribution in [2.45, 2.75) is 6.42 Å². The normalized spacial score (nSPS) is 11.2. The highest BCUT2D eigenvalue weighted by Crippen LogP contribution is 2.26. The number of rotatable bonds is 7. The van der Waals surface area contributed by atoms with E-state index in [0.717, 1.165) is 16.7 Å². The zero-order chi connectivity index (χ0) is 24.2. The molecule has 35 heavy (non-hydrogen) atoms. The molecule has 0 radical (unpaired) electrons. The molecule has 0 aliphatic rings. The van der Waals surface area contributed by atoms with Gasteiger partial charge in [0.05, 0.1) is 12.6 Å². The van der Waals surface area contributed by atoms with Crippen LogP contribution in [0.4, 0.5) is 5.69 Å². The van der Waals surface area contributed by atoms with E-state index in [1.54, 1.807) is 36.5 Å². The third-order valence-corrected chi connectivity index (χ3v) is 5.24. The second kappa shape index (κ2) is 9.48. The van der Waals surface area contributed by atoms with Crippen LogP contribution < -0.4 is 5.32 Å². The fourth-order valence-corrected chi connectivity index (χ4v) is 3.58. The summed E-state index contributed by atoms with van der Waals surface area (Å²) in [4.78, 5) is 31.7. The Morgan fingerprint density at radius 2 is 1.86 bits per heavy atom. The Bertz CT molecular complexity index is 1530. The molecule has 0 saturated carbocycles. The zero-order valence-corrected chi connectivity index (χ0v) is 18.3. The maximum atomic E-state index is 12.4. The molecule has 172 valence electrons. The number of benzene rings is 3. The first-order valence-corrected chi connectivity index (χ1v) is 10.7. The van der Waals surface area contributed by atoms with Gasteiger partial charge >= 0.3 is 5.97 Å². The second-order valence-electron chi connectivity index (χ2n) is 7.78. The SMILES string of the molecule is O=C(O)Cc1ccc2oc(-c3ccc(/C=C/C(=O)Nc4cccc(-c5cnco5)c4)cc3)nc2c1. The van der Waals surface area contributed by atoms with E-state index < -0.39 is 5.97 Å². The number of hydrogen-bond donors (Lipinski definition) is 2. The summed E-state index contributed by atoms with van der Waals surface area (Å²) in [5.74, 6) is -0.103. The van der Waals surface area contributed by atoms with Crippen LogP contribution in [0.1, 0.15) is 11.1 Å². The molecular weight excluding hydrogens is 446 g/mol. The summed E-state index contributed by atoms with van der Waals surface area (Å²) in [6.45, 7) is 0. The first-order valence-electron chi connectivity index (χ1n) is 10.7. The third-order valence-electron chi connectivity index (χ3n) is 5.24. The maximum Gasteiger partial charge on any atom is 0.307 e. The van der Waals surface area contributed by atoms with Crippen molar-refractivity contribution in [3.05, 3.63) is 96.5 Å². The molecule has 0 unspecified atom stereocenters. The van der Waals surface area contributed by atoms with Gasteiger partial charge in [0.1, 0.15) is 5.52 Å². The molecule has 2 heterocycles. The number of anilines is 1. The van der Waals surface area contributed by atoms with Crippen LogP contribution in [0.3, 0.4) is 0 Å². The van der Waals surface area contributed by atoms with Crippen molar-refractivity contribution in [3.63, 3.8) is 0 Å². The van der Waals surface area contributed by atoms with E-state index in [0.29, 0.717) is 34.0 Å². The summed E-state index contributed by atoms with van der Waals surface area (Å²) in [6, 6.07) is 19.9. The van der Waals surface area contributed by atoms with Gasteiger partial charge in [-0.15, -0.1) is 0 Å². The minimum absolute atomic E-state index is 0.0698. The first-order chi connectivity index (χ1) is 17.0. The zero-order valence-electron chi connectivity index (χ0n) is 18.3. The molecule has 0 aliphatic heterocycles. The number of nitrogens with one attached hydrogen (secondary N) is 1. The molecule has 0 spiro atoms. The van der Waals surface area contributed by atoms with Crippen molar-refractivity contribution < 1.29 is 23.5 Å². The molecule has 2 aromatic heterocycles. The minimum Gasteiger partial charge on any atom is -0.481 e. The fraction of sp³-hybridized carbons (Fsp3) is 0.0370. The lowest BCUT2D eigenvalue weighted by atomic mass is 10.1. The van der Waals surface area contributed by atoms with Crippen LogP contribution >= 0.6 is 0 Å². The molecule has 1 amide bonds. The summed E-state index contributed by atoms with van der Waals surface area (Å²) in [6.07, 6.45) is 6.07. The molecule has 0 bridgehead atoms. The van der Waals surface area contributed by atoms with Gasteiger partial charge in [0, 0.05) is 22.9 Å². The molecule has 2 N–H and O–H groups in total. The smallest absolute Gasteiger partial charge is 0.307 e. The quantitative estimate of drug-likeness (QED) is 0.308. The molecule has 3 aromatic carbocycles. The number of carbonyl (C=O) groups is 2. The van der Waals surface area contributed by atoms with Gasteiger partial charge in [-0.25, -0.2) is 9.97 Å². The number of carboxylic acid groups (broad SMARTS) is 1. The highest BCUT2D eigenvalue weighted by molar-refractivity contribution is 6.02. The van der Waals surface area contributed by atoms with Crippen molar-refractivity contribution in [3.8, 4) is 22.8 Å². The Morgan fingerprint density at radius 3 is 2.63 bits per heavy atom. The van der Waals surface area contributed by atoms with E-state index in [9.17, 15) is 9.59 Å². The van der Waals surface area contributed by atoms with Gasteiger partial charge in [-0.05, 0) is 53.6 Å². The predicted octanol–water partition coefficient (Wildman–Crippen LogP) is 5.43. The van der Waals surface area contributed by atoms with Crippen molar-refractivity contribution >= 4 is 34.7 Å². The number of carbonyl (C=O) groups excluding carboxylic acids is 1. The number of nitrogens with zero attached hydrogens (tertiary/aromatic N) is 2. The number of hydrogen-bond acceptors (Lipinski definition) is 6. The largest absolute Gasteiger partial charge is 0.481 e. The Balaban J connectivity index is 1.25. The Hall–Kier alpha value is -4.98. The van der Waals surface area contributed by atoms with Gasteiger partial charge in [-0.3, -0.25) is 9.59 Å². The van der Waals surface area contributed by atoms with Gasteiger partial charge in [-0.2, -0.15) is 0 Å². The van der Waals surface area contributed by atoms with Gasteiger partial charge in [-0.1, -0.05) is 30.3 Å². The van der Waals surface area contributed by atoms with Crippen molar-refractivity contribution in [1.82, 2.24) is 9.97 Å². The van der Waals surface area contributed by atoms with Crippen molar-refractivity contribution in [1.29, 1.82) is 0 Å². The monoisotopic (exact) mass is 465 g/mol. The molecule has 5 rings (SSSR count). The molecule has 8 nitrogen and oxygen atoms in total. The fourth-order valence-electron chi connectivity index (χ4n) is 3.58. The highest BCUT2D eigenvalue weighted by Gasteiger charge is 2.10. The van der Waals surface area contributed by atoms with Crippen LogP contribution in [0.5, 0.6) is 0 Å². The number of aromatic nitrogens is 2. The van der Waals surface area contributed by atoms with Crippen LogP contribution in [-0.4, -0.2) is 27.0 Å². The van der Waals surface area contributed by atoms with E-state index >= 15 is 0 Å². The van der Waals surface area contributed by atoms with Crippen LogP contribution in [0.15, 0.2) is 94.2 Å². The molecule has 0 fully saturated rings.